The largest absolute Gasteiger partial charge is 0.396 e. The lowest BCUT2D eigenvalue weighted by Crippen LogP contribution is -2.56. The lowest BCUT2D eigenvalue weighted by molar-refractivity contribution is -0.138. The molecule has 1 saturated heterocycles. The minimum Gasteiger partial charge on any atom is -0.396 e. The average Bonchev–Trinajstić information content (AvgIpc) is 2.20. The van der Waals surface area contributed by atoms with Crippen molar-refractivity contribution in [1.29, 1.82) is 0 Å². The molecule has 0 saturated carbocycles. The van der Waals surface area contributed by atoms with Crippen LogP contribution in [0, 0.1) is 11.3 Å². The van der Waals surface area contributed by atoms with E-state index >= 15 is 0 Å². The molecule has 1 amide bonds. The van der Waals surface area contributed by atoms with Crippen molar-refractivity contribution in [2.45, 2.75) is 26.3 Å². The second-order valence-corrected chi connectivity index (χ2v) is 4.80. The van der Waals surface area contributed by atoms with Crippen molar-refractivity contribution in [3.8, 4) is 0 Å². The van der Waals surface area contributed by atoms with Crippen LogP contribution in [0.3, 0.4) is 0 Å². The molecule has 5 heteroatoms. The summed E-state index contributed by atoms with van der Waals surface area (Å²) in [5, 5.41) is 12.4. The van der Waals surface area contributed by atoms with E-state index < -0.39 is 0 Å². The van der Waals surface area contributed by atoms with Crippen LogP contribution in [-0.2, 0) is 9.53 Å². The molecule has 0 aromatic rings. The molecule has 0 radical (unpaired) electrons. The Labute approximate surface area is 96.3 Å². The molecule has 2 atom stereocenters. The van der Waals surface area contributed by atoms with Crippen molar-refractivity contribution < 1.29 is 14.6 Å². The predicted molar refractivity (Wildman–Crippen MR) is 60.8 cm³/mol. The number of amides is 1. The maximum Gasteiger partial charge on any atom is 0.234 e. The Hall–Kier alpha value is -0.650. The summed E-state index contributed by atoms with van der Waals surface area (Å²) in [5.41, 5.74) is 5.13. The fraction of sp³-hybridized carbons (Fsp3) is 0.909. The van der Waals surface area contributed by atoms with E-state index in [2.05, 4.69) is 5.32 Å². The number of aliphatic hydroxyl groups excluding tert-OH is 1. The number of carbonyl (C=O) groups excluding carboxylic acids is 1. The molecule has 0 aromatic heterocycles. The van der Waals surface area contributed by atoms with Crippen molar-refractivity contribution in [3.63, 3.8) is 0 Å². The van der Waals surface area contributed by atoms with Gasteiger partial charge in [-0.05, 0) is 5.92 Å². The van der Waals surface area contributed by atoms with E-state index in [0.29, 0.717) is 19.8 Å². The minimum absolute atomic E-state index is 0.0754. The zero-order chi connectivity index (χ0) is 12.2. The van der Waals surface area contributed by atoms with E-state index in [9.17, 15) is 9.90 Å². The van der Waals surface area contributed by atoms with E-state index in [1.807, 2.05) is 13.8 Å². The zero-order valence-electron chi connectivity index (χ0n) is 10.0. The predicted octanol–water partition coefficient (Wildman–Crippen LogP) is -0.515. The van der Waals surface area contributed by atoms with Crippen LogP contribution in [0.2, 0.25) is 0 Å². The van der Waals surface area contributed by atoms with Gasteiger partial charge in [-0.25, -0.2) is 0 Å². The Balaban J connectivity index is 2.46. The number of nitrogens with two attached hydrogens (primary N) is 1. The maximum absolute atomic E-state index is 11.3. The standard InChI is InChI=1S/C11H22N2O3/c1-3-8(2)9(10(12)15)13-4-11(5-14)6-16-7-11/h8-9,13-14H,3-7H2,1-2H3,(H2,12,15). The first-order chi connectivity index (χ1) is 7.54. The van der Waals surface area contributed by atoms with Gasteiger partial charge in [-0.15, -0.1) is 0 Å². The fourth-order valence-electron chi connectivity index (χ4n) is 1.78. The van der Waals surface area contributed by atoms with Gasteiger partial charge in [0.15, 0.2) is 0 Å². The van der Waals surface area contributed by atoms with Crippen molar-refractivity contribution in [2.75, 3.05) is 26.4 Å². The van der Waals surface area contributed by atoms with Crippen LogP contribution in [0.1, 0.15) is 20.3 Å². The van der Waals surface area contributed by atoms with Gasteiger partial charge in [0.2, 0.25) is 5.91 Å². The van der Waals surface area contributed by atoms with Gasteiger partial charge in [-0.2, -0.15) is 0 Å². The van der Waals surface area contributed by atoms with Crippen LogP contribution in [0.5, 0.6) is 0 Å². The Kier molecular flexibility index (Phi) is 4.70. The van der Waals surface area contributed by atoms with Crippen LogP contribution < -0.4 is 11.1 Å². The minimum atomic E-state index is -0.331. The van der Waals surface area contributed by atoms with Gasteiger partial charge in [0.1, 0.15) is 0 Å². The molecule has 94 valence electrons. The number of aliphatic hydroxyl groups is 1. The number of hydrogen-bond acceptors (Lipinski definition) is 4. The third-order valence-electron chi connectivity index (χ3n) is 3.37. The van der Waals surface area contributed by atoms with Crippen LogP contribution in [0.4, 0.5) is 0 Å². The van der Waals surface area contributed by atoms with Gasteiger partial charge in [-0.1, -0.05) is 20.3 Å². The van der Waals surface area contributed by atoms with Crippen LogP contribution >= 0.6 is 0 Å². The number of ether oxygens (including phenoxy) is 1. The number of hydrogen-bond donors (Lipinski definition) is 3. The highest BCUT2D eigenvalue weighted by molar-refractivity contribution is 5.80. The topological polar surface area (TPSA) is 84.6 Å². The number of primary amides is 1. The molecule has 0 spiro atoms. The highest BCUT2D eigenvalue weighted by Crippen LogP contribution is 2.26. The maximum atomic E-state index is 11.3. The molecule has 0 aliphatic carbocycles. The van der Waals surface area contributed by atoms with E-state index in [1.165, 1.54) is 0 Å². The number of nitrogens with one attached hydrogen (secondary N) is 1. The molecule has 1 fully saturated rings. The van der Waals surface area contributed by atoms with Gasteiger partial charge >= 0.3 is 0 Å². The van der Waals surface area contributed by atoms with Crippen LogP contribution in [0.15, 0.2) is 0 Å². The SMILES string of the molecule is CCC(C)C(NCC1(CO)COC1)C(N)=O. The van der Waals surface area contributed by atoms with E-state index in [0.717, 1.165) is 6.42 Å². The molecular formula is C11H22N2O3. The molecule has 4 N–H and O–H groups in total. The molecule has 1 aliphatic rings. The molecule has 1 aliphatic heterocycles. The number of rotatable bonds is 7. The normalized spacial score (nSPS) is 22.2. The lowest BCUT2D eigenvalue weighted by Gasteiger charge is -2.41. The summed E-state index contributed by atoms with van der Waals surface area (Å²) < 4.78 is 5.09. The molecule has 2 unspecified atom stereocenters. The summed E-state index contributed by atoms with van der Waals surface area (Å²) in [4.78, 5) is 11.3. The number of carbonyl (C=O) groups is 1. The Morgan fingerprint density at radius 1 is 1.62 bits per heavy atom. The summed E-state index contributed by atoms with van der Waals surface area (Å²) in [7, 11) is 0. The fourth-order valence-corrected chi connectivity index (χ4v) is 1.78. The Morgan fingerprint density at radius 3 is 2.56 bits per heavy atom. The van der Waals surface area contributed by atoms with Crippen molar-refractivity contribution in [3.05, 3.63) is 0 Å². The third kappa shape index (κ3) is 2.93. The second-order valence-electron chi connectivity index (χ2n) is 4.80. The molecular weight excluding hydrogens is 208 g/mol. The van der Waals surface area contributed by atoms with Gasteiger partial charge in [0.05, 0.1) is 31.3 Å². The second kappa shape index (κ2) is 5.61. The molecule has 1 heterocycles. The van der Waals surface area contributed by atoms with Crippen LogP contribution in [-0.4, -0.2) is 43.4 Å². The van der Waals surface area contributed by atoms with Gasteiger partial charge in [0.25, 0.3) is 0 Å². The first-order valence-corrected chi connectivity index (χ1v) is 5.76. The average molecular weight is 230 g/mol. The van der Waals surface area contributed by atoms with E-state index in [-0.39, 0.29) is 29.9 Å². The summed E-state index contributed by atoms with van der Waals surface area (Å²) in [5.74, 6) is -0.128. The molecule has 0 bridgehead atoms. The Morgan fingerprint density at radius 2 is 2.25 bits per heavy atom. The quantitative estimate of drug-likeness (QED) is 0.549. The highest BCUT2D eigenvalue weighted by atomic mass is 16.5. The first-order valence-electron chi connectivity index (χ1n) is 5.76. The first kappa shape index (κ1) is 13.4. The summed E-state index contributed by atoms with van der Waals surface area (Å²) in [6.07, 6.45) is 0.892. The van der Waals surface area contributed by atoms with Crippen LogP contribution in [0.25, 0.3) is 0 Å². The van der Waals surface area contributed by atoms with Crippen molar-refractivity contribution in [1.82, 2.24) is 5.32 Å². The van der Waals surface area contributed by atoms with Gasteiger partial charge in [-0.3, -0.25) is 4.79 Å². The van der Waals surface area contributed by atoms with Crippen molar-refractivity contribution >= 4 is 5.91 Å². The molecule has 16 heavy (non-hydrogen) atoms. The lowest BCUT2D eigenvalue weighted by atomic mass is 9.86. The van der Waals surface area contributed by atoms with Gasteiger partial charge in [0, 0.05) is 6.54 Å². The molecule has 5 nitrogen and oxygen atoms in total. The third-order valence-corrected chi connectivity index (χ3v) is 3.37. The van der Waals surface area contributed by atoms with E-state index in [1.54, 1.807) is 0 Å². The summed E-state index contributed by atoms with van der Waals surface area (Å²) in [6, 6.07) is -0.325. The van der Waals surface area contributed by atoms with E-state index in [4.69, 9.17) is 10.5 Å². The summed E-state index contributed by atoms with van der Waals surface area (Å²) >= 11 is 0. The molecule has 0 aromatic carbocycles. The monoisotopic (exact) mass is 230 g/mol. The smallest absolute Gasteiger partial charge is 0.234 e. The summed E-state index contributed by atoms with van der Waals surface area (Å²) in [6.45, 7) is 5.75. The highest BCUT2D eigenvalue weighted by Gasteiger charge is 2.39. The Bertz CT molecular complexity index is 236. The van der Waals surface area contributed by atoms with Crippen molar-refractivity contribution in [2.24, 2.45) is 17.1 Å². The van der Waals surface area contributed by atoms with Gasteiger partial charge < -0.3 is 20.9 Å². The molecule has 1 rings (SSSR count). The zero-order valence-corrected chi connectivity index (χ0v) is 10.0.